The maximum atomic E-state index is 13.5. The molecule has 0 saturated carbocycles. The van der Waals surface area contributed by atoms with E-state index in [9.17, 15) is 14.0 Å². The molecule has 0 fully saturated rings. The number of carbonyl (C=O) groups excluding carboxylic acids is 2. The van der Waals surface area contributed by atoms with Gasteiger partial charge in [0.1, 0.15) is 22.9 Å². The molecular weight excluding hydrogens is 505 g/mol. The monoisotopic (exact) mass is 535 g/mol. The molecule has 40 heavy (non-hydrogen) atoms. The minimum absolute atomic E-state index is 0.0656. The summed E-state index contributed by atoms with van der Waals surface area (Å²) in [7, 11) is 1.62. The quantitative estimate of drug-likeness (QED) is 0.204. The van der Waals surface area contributed by atoms with Crippen molar-refractivity contribution in [2.45, 2.75) is 32.7 Å². The van der Waals surface area contributed by atoms with Gasteiger partial charge in [-0.05, 0) is 91.2 Å². The number of ether oxygens (including phenoxy) is 1. The van der Waals surface area contributed by atoms with Gasteiger partial charge in [-0.2, -0.15) is 0 Å². The average molecular weight is 536 g/mol. The van der Waals surface area contributed by atoms with Gasteiger partial charge in [-0.15, -0.1) is 0 Å². The molecule has 5 aromatic rings. The molecule has 1 amide bonds. The lowest BCUT2D eigenvalue weighted by molar-refractivity contribution is 0.0911. The van der Waals surface area contributed by atoms with Gasteiger partial charge in [0.05, 0.1) is 18.2 Å². The van der Waals surface area contributed by atoms with Gasteiger partial charge < -0.3 is 14.5 Å². The number of fused-ring (bicyclic) bond motifs is 1. The molecule has 1 aromatic heterocycles. The number of carbonyl (C=O) groups is 2. The summed E-state index contributed by atoms with van der Waals surface area (Å²) in [4.78, 5) is 26.3. The molecule has 0 unspecified atom stereocenters. The fraction of sp³-hybridized carbons (Fsp3) is 0.176. The van der Waals surface area contributed by atoms with Crippen LogP contribution in [0.1, 0.15) is 53.5 Å². The number of hydrogen-bond donors (Lipinski definition) is 1. The summed E-state index contributed by atoms with van der Waals surface area (Å²) < 4.78 is 24.9. The first-order valence-electron chi connectivity index (χ1n) is 13.1. The van der Waals surface area contributed by atoms with Crippen molar-refractivity contribution in [3.05, 3.63) is 114 Å². The molecule has 5 rings (SSSR count). The number of nitrogens with one attached hydrogen (secondary N) is 1. The van der Waals surface area contributed by atoms with Crippen LogP contribution in [0, 0.1) is 5.82 Å². The van der Waals surface area contributed by atoms with Crippen LogP contribution in [0.4, 0.5) is 4.39 Å². The Morgan fingerprint density at radius 3 is 2.23 bits per heavy atom. The molecule has 0 bridgehead atoms. The number of Topliss-reactive ketones (excluding diaryl/α,β-unsaturated/α-hetero) is 1. The van der Waals surface area contributed by atoms with Gasteiger partial charge in [0.25, 0.3) is 5.91 Å². The third kappa shape index (κ3) is 5.25. The SMILES string of the molecule is CCC(=O)c1c(-c2ccc(F)cc2)oc2ccc(-c3cccc(C(=O)NC(C)(C)c4ccc(OC)cc4)c3)cc12. The van der Waals surface area contributed by atoms with Gasteiger partial charge in [-0.1, -0.05) is 37.3 Å². The maximum Gasteiger partial charge on any atom is 0.251 e. The highest BCUT2D eigenvalue weighted by Crippen LogP contribution is 2.37. The van der Waals surface area contributed by atoms with Crippen LogP contribution >= 0.6 is 0 Å². The van der Waals surface area contributed by atoms with Crippen molar-refractivity contribution >= 4 is 22.7 Å². The van der Waals surface area contributed by atoms with Crippen LogP contribution in [-0.2, 0) is 5.54 Å². The molecule has 0 aliphatic carbocycles. The number of benzene rings is 4. The summed E-state index contributed by atoms with van der Waals surface area (Å²) in [6.45, 7) is 5.71. The van der Waals surface area contributed by atoms with E-state index in [0.29, 0.717) is 39.8 Å². The summed E-state index contributed by atoms with van der Waals surface area (Å²) >= 11 is 0. The van der Waals surface area contributed by atoms with E-state index in [4.69, 9.17) is 9.15 Å². The average Bonchev–Trinajstić information content (AvgIpc) is 3.36. The Morgan fingerprint density at radius 2 is 1.55 bits per heavy atom. The summed E-state index contributed by atoms with van der Waals surface area (Å²) in [6.07, 6.45) is 0.298. The first kappa shape index (κ1) is 26.9. The van der Waals surface area contributed by atoms with Crippen LogP contribution in [0.5, 0.6) is 5.75 Å². The Hall–Kier alpha value is -4.71. The number of furan rings is 1. The molecule has 0 aliphatic heterocycles. The van der Waals surface area contributed by atoms with Crippen molar-refractivity contribution in [1.29, 1.82) is 0 Å². The first-order chi connectivity index (χ1) is 19.2. The second-order valence-electron chi connectivity index (χ2n) is 10.2. The normalized spacial score (nSPS) is 11.4. The van der Waals surface area contributed by atoms with Gasteiger partial charge in [0.2, 0.25) is 0 Å². The van der Waals surface area contributed by atoms with Crippen LogP contribution in [0.3, 0.4) is 0 Å². The second kappa shape index (κ2) is 10.8. The van der Waals surface area contributed by atoms with Gasteiger partial charge in [-0.3, -0.25) is 9.59 Å². The highest BCUT2D eigenvalue weighted by molar-refractivity contribution is 6.12. The Morgan fingerprint density at radius 1 is 0.875 bits per heavy atom. The number of rotatable bonds is 8. The first-order valence-corrected chi connectivity index (χ1v) is 13.1. The van der Waals surface area contributed by atoms with Crippen LogP contribution in [0.2, 0.25) is 0 Å². The van der Waals surface area contributed by atoms with Gasteiger partial charge in [0.15, 0.2) is 5.78 Å². The molecular formula is C34H30FNO4. The van der Waals surface area contributed by atoms with Crippen molar-refractivity contribution in [3.8, 4) is 28.2 Å². The minimum atomic E-state index is -0.610. The lowest BCUT2D eigenvalue weighted by Gasteiger charge is -2.27. The van der Waals surface area contributed by atoms with Gasteiger partial charge >= 0.3 is 0 Å². The highest BCUT2D eigenvalue weighted by Gasteiger charge is 2.24. The molecule has 0 atom stereocenters. The molecule has 0 saturated heterocycles. The molecule has 202 valence electrons. The van der Waals surface area contributed by atoms with Crippen LogP contribution in [0.25, 0.3) is 33.4 Å². The summed E-state index contributed by atoms with van der Waals surface area (Å²) in [5.41, 5.74) is 4.20. The largest absolute Gasteiger partial charge is 0.497 e. The summed E-state index contributed by atoms with van der Waals surface area (Å²) in [5.74, 6) is 0.549. The van der Waals surface area contributed by atoms with Crippen molar-refractivity contribution < 1.29 is 23.1 Å². The van der Waals surface area contributed by atoms with E-state index in [2.05, 4.69) is 5.32 Å². The van der Waals surface area contributed by atoms with E-state index >= 15 is 0 Å². The van der Waals surface area contributed by atoms with Crippen molar-refractivity contribution in [2.75, 3.05) is 7.11 Å². The number of amides is 1. The molecule has 0 spiro atoms. The van der Waals surface area contributed by atoms with E-state index in [1.54, 1.807) is 32.2 Å². The second-order valence-corrected chi connectivity index (χ2v) is 10.2. The van der Waals surface area contributed by atoms with E-state index in [1.807, 2.05) is 74.5 Å². The summed E-state index contributed by atoms with van der Waals surface area (Å²) in [5, 5.41) is 3.81. The lowest BCUT2D eigenvalue weighted by Crippen LogP contribution is -2.40. The van der Waals surface area contributed by atoms with E-state index in [1.165, 1.54) is 12.1 Å². The standard InChI is InChI=1S/C34H30FNO4/c1-5-29(37)31-28-20-23(11-18-30(28)40-32(31)21-9-14-26(35)15-10-21)22-7-6-8-24(19-22)33(38)36-34(2,3)25-12-16-27(39-4)17-13-25/h6-20H,5H2,1-4H3,(H,36,38). The Balaban J connectivity index is 1.48. The van der Waals surface area contributed by atoms with E-state index in [-0.39, 0.29) is 17.5 Å². The van der Waals surface area contributed by atoms with Crippen LogP contribution < -0.4 is 10.1 Å². The van der Waals surface area contributed by atoms with E-state index in [0.717, 1.165) is 22.4 Å². The number of hydrogen-bond acceptors (Lipinski definition) is 4. The molecule has 0 aliphatic rings. The number of halogens is 1. The fourth-order valence-corrected chi connectivity index (χ4v) is 4.81. The smallest absolute Gasteiger partial charge is 0.251 e. The predicted molar refractivity (Wildman–Crippen MR) is 155 cm³/mol. The minimum Gasteiger partial charge on any atom is -0.497 e. The molecule has 5 nitrogen and oxygen atoms in total. The van der Waals surface area contributed by atoms with Crippen molar-refractivity contribution in [2.24, 2.45) is 0 Å². The van der Waals surface area contributed by atoms with Crippen molar-refractivity contribution in [1.82, 2.24) is 5.32 Å². The molecule has 4 aromatic carbocycles. The Labute approximate surface area is 232 Å². The van der Waals surface area contributed by atoms with Gasteiger partial charge in [0, 0.05) is 22.9 Å². The molecule has 0 radical (unpaired) electrons. The molecule has 1 N–H and O–H groups in total. The zero-order valence-electron chi connectivity index (χ0n) is 22.9. The third-order valence-electron chi connectivity index (χ3n) is 7.09. The number of methoxy groups -OCH3 is 1. The van der Waals surface area contributed by atoms with E-state index < -0.39 is 5.54 Å². The maximum absolute atomic E-state index is 13.5. The topological polar surface area (TPSA) is 68.5 Å². The Kier molecular flexibility index (Phi) is 7.26. The lowest BCUT2D eigenvalue weighted by atomic mass is 9.93. The summed E-state index contributed by atoms with van der Waals surface area (Å²) in [6, 6.07) is 26.5. The van der Waals surface area contributed by atoms with Crippen molar-refractivity contribution in [3.63, 3.8) is 0 Å². The molecule has 1 heterocycles. The van der Waals surface area contributed by atoms with Crippen LogP contribution in [-0.4, -0.2) is 18.8 Å². The molecule has 6 heteroatoms. The number of ketones is 1. The highest BCUT2D eigenvalue weighted by atomic mass is 19.1. The van der Waals surface area contributed by atoms with Gasteiger partial charge in [-0.25, -0.2) is 4.39 Å². The fourth-order valence-electron chi connectivity index (χ4n) is 4.81. The zero-order chi connectivity index (χ0) is 28.4. The zero-order valence-corrected chi connectivity index (χ0v) is 22.9. The third-order valence-corrected chi connectivity index (χ3v) is 7.09. The Bertz CT molecular complexity index is 1700. The van der Waals surface area contributed by atoms with Crippen LogP contribution in [0.15, 0.2) is 95.4 Å². The predicted octanol–water partition coefficient (Wildman–Crippen LogP) is 8.17.